The Balaban J connectivity index is 0.00000289. The first kappa shape index (κ1) is 17.9. The second-order valence-electron chi connectivity index (χ2n) is 3.81. The molecule has 0 saturated heterocycles. The van der Waals surface area contributed by atoms with Crippen LogP contribution in [0.4, 0.5) is 0 Å². The zero-order chi connectivity index (χ0) is 12.7. The van der Waals surface area contributed by atoms with Crippen LogP contribution in [0.3, 0.4) is 0 Å². The van der Waals surface area contributed by atoms with E-state index in [1.54, 1.807) is 6.07 Å². The summed E-state index contributed by atoms with van der Waals surface area (Å²) in [7, 11) is -4.46. The molecule has 0 saturated carbocycles. The topological polar surface area (TPSA) is 66.4 Å². The molecule has 0 N–H and O–H groups in total. The molecule has 0 spiro atoms. The molecule has 1 aromatic rings. The van der Waals surface area contributed by atoms with E-state index in [1.807, 2.05) is 0 Å². The molecule has 0 radical (unpaired) electrons. The Morgan fingerprint density at radius 2 is 1.83 bits per heavy atom. The molecule has 0 unspecified atom stereocenters. The zero-order valence-corrected chi connectivity index (χ0v) is 13.7. The molecule has 0 fully saturated rings. The van der Waals surface area contributed by atoms with E-state index < -0.39 is 10.1 Å². The van der Waals surface area contributed by atoms with Crippen LogP contribution in [0.15, 0.2) is 29.2 Å². The van der Waals surface area contributed by atoms with Gasteiger partial charge in [0.1, 0.15) is 15.9 Å². The zero-order valence-electron chi connectivity index (χ0n) is 10.9. The predicted molar refractivity (Wildman–Crippen MR) is 64.0 cm³/mol. The van der Waals surface area contributed by atoms with Crippen molar-refractivity contribution in [3.05, 3.63) is 24.3 Å². The Bertz CT molecular complexity index is 445. The van der Waals surface area contributed by atoms with Gasteiger partial charge in [-0.1, -0.05) is 38.3 Å². The molecule has 18 heavy (non-hydrogen) atoms. The van der Waals surface area contributed by atoms with Gasteiger partial charge in [-0.15, -0.1) is 0 Å². The summed E-state index contributed by atoms with van der Waals surface area (Å²) in [6.45, 7) is 2.55. The Kier molecular flexibility index (Phi) is 8.90. The molecule has 0 heterocycles. The maximum atomic E-state index is 11.0. The second kappa shape index (κ2) is 8.93. The van der Waals surface area contributed by atoms with Gasteiger partial charge in [-0.3, -0.25) is 0 Å². The van der Waals surface area contributed by atoms with Gasteiger partial charge in [0.15, 0.2) is 0 Å². The summed E-state index contributed by atoms with van der Waals surface area (Å²) in [5.41, 5.74) is 0. The summed E-state index contributed by atoms with van der Waals surface area (Å²) < 4.78 is 38.2. The average Bonchev–Trinajstić information content (AvgIpc) is 2.28. The molecule has 0 amide bonds. The smallest absolute Gasteiger partial charge is 0.744 e. The summed E-state index contributed by atoms with van der Waals surface area (Å²) in [4.78, 5) is -0.282. The predicted octanol–water partition coefficient (Wildman–Crippen LogP) is -0.446. The van der Waals surface area contributed by atoms with Crippen LogP contribution in [0.1, 0.15) is 32.6 Å². The molecule has 0 aliphatic heterocycles. The number of hydrogen-bond acceptors (Lipinski definition) is 4. The van der Waals surface area contributed by atoms with Crippen molar-refractivity contribution in [2.24, 2.45) is 0 Å². The van der Waals surface area contributed by atoms with E-state index >= 15 is 0 Å². The van der Waals surface area contributed by atoms with E-state index in [9.17, 15) is 13.0 Å². The van der Waals surface area contributed by atoms with Crippen LogP contribution in [0.25, 0.3) is 0 Å². The van der Waals surface area contributed by atoms with Crippen LogP contribution in [0.5, 0.6) is 5.75 Å². The Labute approximate surface area is 131 Å². The van der Waals surface area contributed by atoms with Crippen LogP contribution in [0.2, 0.25) is 0 Å². The van der Waals surface area contributed by atoms with E-state index in [4.69, 9.17) is 4.74 Å². The van der Waals surface area contributed by atoms with Gasteiger partial charge in [-0.05, 0) is 18.6 Å². The SMILES string of the molecule is CCCCCCOc1ccccc1S(=O)(=O)[O-].[Na+]. The number of para-hydroxylation sites is 1. The van der Waals surface area contributed by atoms with Crippen LogP contribution in [0, 0.1) is 0 Å². The Hall–Kier alpha value is -0.0700. The number of hydrogen-bond donors (Lipinski definition) is 0. The number of unbranched alkanes of at least 4 members (excludes halogenated alkanes) is 3. The average molecular weight is 280 g/mol. The van der Waals surface area contributed by atoms with Gasteiger partial charge in [0.05, 0.1) is 11.5 Å². The molecule has 96 valence electrons. The molecule has 0 aliphatic carbocycles. The van der Waals surface area contributed by atoms with Crippen molar-refractivity contribution in [1.82, 2.24) is 0 Å². The van der Waals surface area contributed by atoms with Crippen molar-refractivity contribution < 1.29 is 47.3 Å². The fourth-order valence-corrected chi connectivity index (χ4v) is 2.11. The molecule has 0 bridgehead atoms. The maximum absolute atomic E-state index is 11.0. The Morgan fingerprint density at radius 1 is 1.17 bits per heavy atom. The van der Waals surface area contributed by atoms with Crippen molar-refractivity contribution in [2.75, 3.05) is 6.61 Å². The first-order valence-electron chi connectivity index (χ1n) is 5.73. The van der Waals surface area contributed by atoms with Crippen LogP contribution < -0.4 is 34.3 Å². The third-order valence-electron chi connectivity index (χ3n) is 2.37. The number of ether oxygens (including phenoxy) is 1. The molecule has 1 rings (SSSR count). The van der Waals surface area contributed by atoms with Gasteiger partial charge in [0.25, 0.3) is 0 Å². The minimum Gasteiger partial charge on any atom is -0.744 e. The maximum Gasteiger partial charge on any atom is 1.00 e. The van der Waals surface area contributed by atoms with Crippen molar-refractivity contribution in [1.29, 1.82) is 0 Å². The fraction of sp³-hybridized carbons (Fsp3) is 0.500. The summed E-state index contributed by atoms with van der Waals surface area (Å²) in [6, 6.07) is 5.93. The van der Waals surface area contributed by atoms with Crippen molar-refractivity contribution in [3.8, 4) is 5.75 Å². The summed E-state index contributed by atoms with van der Waals surface area (Å²) in [6.07, 6.45) is 4.17. The standard InChI is InChI=1S/C12H18O4S.Na/c1-2-3-4-7-10-16-11-8-5-6-9-12(11)17(13,14)15;/h5-6,8-9H,2-4,7,10H2,1H3,(H,13,14,15);/q;+1/p-1. The van der Waals surface area contributed by atoms with E-state index in [1.165, 1.54) is 18.2 Å². The van der Waals surface area contributed by atoms with Crippen LogP contribution in [-0.4, -0.2) is 19.6 Å². The van der Waals surface area contributed by atoms with E-state index in [0.717, 1.165) is 25.7 Å². The molecule has 0 aliphatic rings. The number of rotatable bonds is 7. The first-order valence-corrected chi connectivity index (χ1v) is 7.14. The van der Waals surface area contributed by atoms with Gasteiger partial charge in [0, 0.05) is 0 Å². The third kappa shape index (κ3) is 6.20. The van der Waals surface area contributed by atoms with Gasteiger partial charge in [-0.2, -0.15) is 0 Å². The minimum atomic E-state index is -4.46. The fourth-order valence-electron chi connectivity index (χ4n) is 1.49. The van der Waals surface area contributed by atoms with Gasteiger partial charge < -0.3 is 9.29 Å². The summed E-state index contributed by atoms with van der Waals surface area (Å²) in [5.74, 6) is 0.152. The molecule has 1 aromatic carbocycles. The van der Waals surface area contributed by atoms with E-state index in [-0.39, 0.29) is 40.2 Å². The van der Waals surface area contributed by atoms with Gasteiger partial charge in [0.2, 0.25) is 0 Å². The molecule has 0 aromatic heterocycles. The monoisotopic (exact) mass is 280 g/mol. The number of benzene rings is 1. The molecular weight excluding hydrogens is 263 g/mol. The van der Waals surface area contributed by atoms with E-state index in [2.05, 4.69) is 6.92 Å². The van der Waals surface area contributed by atoms with Crippen molar-refractivity contribution in [3.63, 3.8) is 0 Å². The molecule has 4 nitrogen and oxygen atoms in total. The third-order valence-corrected chi connectivity index (χ3v) is 3.25. The van der Waals surface area contributed by atoms with E-state index in [0.29, 0.717) is 6.61 Å². The van der Waals surface area contributed by atoms with Gasteiger partial charge in [-0.25, -0.2) is 8.42 Å². The quantitative estimate of drug-likeness (QED) is 0.385. The van der Waals surface area contributed by atoms with Crippen LogP contribution >= 0.6 is 0 Å². The minimum absolute atomic E-state index is 0. The summed E-state index contributed by atoms with van der Waals surface area (Å²) in [5, 5.41) is 0. The second-order valence-corrected chi connectivity index (χ2v) is 5.16. The normalized spacial score (nSPS) is 10.8. The molecule has 6 heteroatoms. The van der Waals surface area contributed by atoms with Crippen LogP contribution in [-0.2, 0) is 10.1 Å². The van der Waals surface area contributed by atoms with Crippen molar-refractivity contribution in [2.45, 2.75) is 37.5 Å². The molecular formula is C12H17NaO4S. The first-order chi connectivity index (χ1) is 8.05. The van der Waals surface area contributed by atoms with Crippen molar-refractivity contribution >= 4 is 10.1 Å². The Morgan fingerprint density at radius 3 is 2.44 bits per heavy atom. The molecule has 0 atom stereocenters. The largest absolute Gasteiger partial charge is 1.00 e. The van der Waals surface area contributed by atoms with Gasteiger partial charge >= 0.3 is 29.6 Å². The summed E-state index contributed by atoms with van der Waals surface area (Å²) >= 11 is 0.